The van der Waals surface area contributed by atoms with E-state index in [1.807, 2.05) is 31.2 Å². The number of carboxylic acid groups (broad SMARTS) is 1. The second-order valence-corrected chi connectivity index (χ2v) is 10.3. The Labute approximate surface area is 216 Å². The molecule has 2 heterocycles. The van der Waals surface area contributed by atoms with Gasteiger partial charge in [0.05, 0.1) is 23.3 Å². The van der Waals surface area contributed by atoms with E-state index in [4.69, 9.17) is 39.9 Å². The van der Waals surface area contributed by atoms with E-state index < -0.39 is 5.97 Å². The van der Waals surface area contributed by atoms with E-state index in [2.05, 4.69) is 27.3 Å². The molecule has 0 amide bonds. The van der Waals surface area contributed by atoms with Gasteiger partial charge in [0.2, 0.25) is 0 Å². The predicted molar refractivity (Wildman–Crippen MR) is 141 cm³/mol. The van der Waals surface area contributed by atoms with Crippen molar-refractivity contribution in [3.63, 3.8) is 0 Å². The minimum Gasteiger partial charge on any atom is -0.480 e. The zero-order valence-electron chi connectivity index (χ0n) is 19.2. The van der Waals surface area contributed by atoms with Crippen LogP contribution in [-0.4, -0.2) is 59.6 Å². The molecule has 2 aliphatic heterocycles. The fraction of sp³-hybridized carbons (Fsp3) is 0.423. The normalized spacial score (nSPS) is 20.6. The summed E-state index contributed by atoms with van der Waals surface area (Å²) in [6.07, 6.45) is 5.34. The number of hydrogen-bond acceptors (Lipinski definition) is 4. The third-order valence-electron chi connectivity index (χ3n) is 6.74. The third kappa shape index (κ3) is 6.07. The molecule has 5 nitrogen and oxygen atoms in total. The average Bonchev–Trinajstić information content (AvgIpc) is 2.80. The second-order valence-electron chi connectivity index (χ2n) is 9.10. The molecule has 0 bridgehead atoms. The van der Waals surface area contributed by atoms with Crippen LogP contribution in [0.15, 0.2) is 42.5 Å². The second kappa shape index (κ2) is 11.3. The molecular weight excluding hydrogens is 493 g/mol. The smallest absolute Gasteiger partial charge is 0.317 e. The molecule has 0 radical (unpaired) electrons. The summed E-state index contributed by atoms with van der Waals surface area (Å²) in [4.78, 5) is 15.6. The molecule has 34 heavy (non-hydrogen) atoms. The Bertz CT molecular complexity index is 1080. The number of hydrogen-bond donors (Lipinski definition) is 2. The third-order valence-corrected chi connectivity index (χ3v) is 7.71. The van der Waals surface area contributed by atoms with Gasteiger partial charge in [-0.15, -0.1) is 0 Å². The Balaban J connectivity index is 1.43. The van der Waals surface area contributed by atoms with Gasteiger partial charge in [0, 0.05) is 35.7 Å². The number of aliphatic carboxylic acids is 1. The lowest BCUT2D eigenvalue weighted by molar-refractivity contribution is -0.138. The highest BCUT2D eigenvalue weighted by Crippen LogP contribution is 2.37. The van der Waals surface area contributed by atoms with E-state index in [1.54, 1.807) is 6.07 Å². The molecule has 1 saturated heterocycles. The quantitative estimate of drug-likeness (QED) is 0.437. The maximum Gasteiger partial charge on any atom is 0.317 e. The van der Waals surface area contributed by atoms with Gasteiger partial charge in [-0.05, 0) is 67.6 Å². The van der Waals surface area contributed by atoms with Gasteiger partial charge < -0.3 is 10.4 Å². The highest BCUT2D eigenvalue weighted by Gasteiger charge is 2.28. The molecule has 0 saturated carbocycles. The van der Waals surface area contributed by atoms with Gasteiger partial charge >= 0.3 is 5.97 Å². The number of carbonyl (C=O) groups is 1. The summed E-state index contributed by atoms with van der Waals surface area (Å²) in [6.45, 7) is 5.66. The van der Waals surface area contributed by atoms with Crippen molar-refractivity contribution >= 4 is 52.0 Å². The maximum atomic E-state index is 11.1. The average molecular weight is 523 g/mol. The van der Waals surface area contributed by atoms with Crippen molar-refractivity contribution in [3.8, 4) is 0 Å². The molecule has 182 valence electrons. The van der Waals surface area contributed by atoms with Crippen LogP contribution in [0.5, 0.6) is 0 Å². The zero-order chi connectivity index (χ0) is 24.2. The van der Waals surface area contributed by atoms with E-state index in [9.17, 15) is 4.79 Å². The predicted octanol–water partition coefficient (Wildman–Crippen LogP) is 6.46. The number of carboxylic acids is 1. The number of nitrogens with zero attached hydrogens (tertiary/aromatic N) is 2. The molecule has 0 spiro atoms. The molecule has 2 aromatic carbocycles. The van der Waals surface area contributed by atoms with Gasteiger partial charge in [0.25, 0.3) is 0 Å². The van der Waals surface area contributed by atoms with E-state index in [0.717, 1.165) is 62.3 Å². The Morgan fingerprint density at radius 3 is 2.74 bits per heavy atom. The lowest BCUT2D eigenvalue weighted by Gasteiger charge is -2.40. The Hall–Kier alpha value is -1.76. The molecule has 8 heteroatoms. The first kappa shape index (κ1) is 25.3. The number of piperidine rings is 1. The van der Waals surface area contributed by atoms with Crippen LogP contribution in [0, 0.1) is 0 Å². The minimum absolute atomic E-state index is 0.0339. The SMILES string of the molecule is C[C@@H](Nc1cccc(C2=CCN(C3CCCN(CC(=O)O)C3)CC2)c1Cl)c1ccc(Cl)cc1Cl. The number of benzene rings is 2. The van der Waals surface area contributed by atoms with Crippen LogP contribution in [-0.2, 0) is 4.79 Å². The van der Waals surface area contributed by atoms with Gasteiger partial charge in [-0.1, -0.05) is 59.1 Å². The maximum absolute atomic E-state index is 11.1. The van der Waals surface area contributed by atoms with Crippen molar-refractivity contribution in [2.24, 2.45) is 0 Å². The van der Waals surface area contributed by atoms with Crippen LogP contribution in [0.4, 0.5) is 5.69 Å². The summed E-state index contributed by atoms with van der Waals surface area (Å²) < 4.78 is 0. The van der Waals surface area contributed by atoms with Crippen LogP contribution < -0.4 is 5.32 Å². The lowest BCUT2D eigenvalue weighted by atomic mass is 9.96. The Morgan fingerprint density at radius 1 is 1.21 bits per heavy atom. The first-order valence-corrected chi connectivity index (χ1v) is 12.8. The molecule has 2 aliphatic rings. The molecule has 0 aromatic heterocycles. The summed E-state index contributed by atoms with van der Waals surface area (Å²) >= 11 is 19.3. The monoisotopic (exact) mass is 521 g/mol. The van der Waals surface area contributed by atoms with Crippen LogP contribution in [0.2, 0.25) is 15.1 Å². The highest BCUT2D eigenvalue weighted by atomic mass is 35.5. The summed E-state index contributed by atoms with van der Waals surface area (Å²) in [5.74, 6) is -0.753. The van der Waals surface area contributed by atoms with Gasteiger partial charge in [0.15, 0.2) is 0 Å². The fourth-order valence-corrected chi connectivity index (χ4v) is 5.85. The molecule has 1 fully saturated rings. The van der Waals surface area contributed by atoms with E-state index in [-0.39, 0.29) is 12.6 Å². The number of likely N-dealkylation sites (tertiary alicyclic amines) is 1. The van der Waals surface area contributed by atoms with E-state index in [0.29, 0.717) is 21.1 Å². The Kier molecular flexibility index (Phi) is 8.43. The van der Waals surface area contributed by atoms with Gasteiger partial charge in [-0.3, -0.25) is 14.6 Å². The van der Waals surface area contributed by atoms with Crippen LogP contribution in [0.3, 0.4) is 0 Å². The first-order chi connectivity index (χ1) is 16.3. The molecule has 1 unspecified atom stereocenters. The summed E-state index contributed by atoms with van der Waals surface area (Å²) in [5, 5.41) is 14.6. The summed E-state index contributed by atoms with van der Waals surface area (Å²) in [7, 11) is 0. The number of rotatable bonds is 7. The number of nitrogens with one attached hydrogen (secondary N) is 1. The highest BCUT2D eigenvalue weighted by molar-refractivity contribution is 6.35. The minimum atomic E-state index is -0.753. The largest absolute Gasteiger partial charge is 0.480 e. The molecule has 4 rings (SSSR count). The van der Waals surface area contributed by atoms with Crippen molar-refractivity contribution in [1.82, 2.24) is 9.80 Å². The van der Waals surface area contributed by atoms with Crippen LogP contribution in [0.25, 0.3) is 5.57 Å². The summed E-state index contributed by atoms with van der Waals surface area (Å²) in [5.41, 5.74) is 4.14. The van der Waals surface area contributed by atoms with E-state index >= 15 is 0 Å². The first-order valence-electron chi connectivity index (χ1n) is 11.7. The van der Waals surface area contributed by atoms with Crippen molar-refractivity contribution in [2.45, 2.75) is 38.3 Å². The van der Waals surface area contributed by atoms with Gasteiger partial charge in [-0.25, -0.2) is 0 Å². The Morgan fingerprint density at radius 2 is 2.03 bits per heavy atom. The molecule has 2 N–H and O–H groups in total. The number of halogens is 3. The summed E-state index contributed by atoms with van der Waals surface area (Å²) in [6, 6.07) is 12.0. The molecule has 2 aromatic rings. The van der Waals surface area contributed by atoms with E-state index in [1.165, 1.54) is 5.57 Å². The molecule has 0 aliphatic carbocycles. The van der Waals surface area contributed by atoms with Gasteiger partial charge in [-0.2, -0.15) is 0 Å². The zero-order valence-corrected chi connectivity index (χ0v) is 21.5. The van der Waals surface area contributed by atoms with Crippen LogP contribution >= 0.6 is 34.8 Å². The fourth-order valence-electron chi connectivity index (χ4n) is 4.98. The van der Waals surface area contributed by atoms with Crippen molar-refractivity contribution in [1.29, 1.82) is 0 Å². The van der Waals surface area contributed by atoms with Gasteiger partial charge in [0.1, 0.15) is 0 Å². The van der Waals surface area contributed by atoms with Crippen molar-refractivity contribution < 1.29 is 9.90 Å². The number of anilines is 1. The lowest BCUT2D eigenvalue weighted by Crippen LogP contribution is -2.50. The molecule has 2 atom stereocenters. The molecular formula is C26H30Cl3N3O2. The standard InChI is InChI=1S/C26H30Cl3N3O2/c1-17(21-8-7-19(27)14-23(21)28)30-24-6-2-5-22(26(24)29)18-9-12-32(13-10-18)20-4-3-11-31(15-20)16-25(33)34/h2,5-9,14,17,20,30H,3-4,10-13,15-16H2,1H3,(H,33,34)/t17-,20?/m1/s1. The topological polar surface area (TPSA) is 55.8 Å². The van der Waals surface area contributed by atoms with Crippen molar-refractivity contribution in [2.75, 3.05) is 38.0 Å². The van der Waals surface area contributed by atoms with Crippen molar-refractivity contribution in [3.05, 3.63) is 68.7 Å². The van der Waals surface area contributed by atoms with Crippen LogP contribution in [0.1, 0.15) is 43.4 Å².